The maximum absolute atomic E-state index is 13.5. The molecule has 5 saturated heterocycles. The molecule has 7 heterocycles. The Bertz CT molecular complexity index is 2340. The van der Waals surface area contributed by atoms with Crippen LogP contribution in [0.25, 0.3) is 4.85 Å². The van der Waals surface area contributed by atoms with Gasteiger partial charge in [-0.25, -0.2) is 9.83 Å². The summed E-state index contributed by atoms with van der Waals surface area (Å²) in [5.74, 6) is -0.809. The molecule has 6 aliphatic heterocycles. The van der Waals surface area contributed by atoms with Crippen molar-refractivity contribution in [1.29, 1.82) is 0 Å². The second kappa shape index (κ2) is 17.8. The van der Waals surface area contributed by atoms with Crippen LogP contribution in [-0.2, 0) is 20.6 Å². The van der Waals surface area contributed by atoms with Crippen LogP contribution < -0.4 is 25.3 Å². The number of fused-ring (bicyclic) bond motifs is 1. The molecular formula is C46H51F3N10O5. The molecule has 1 atom stereocenters. The Balaban J connectivity index is 0.663. The van der Waals surface area contributed by atoms with Gasteiger partial charge in [0.1, 0.15) is 11.9 Å². The molecule has 2 aromatic carbocycles. The van der Waals surface area contributed by atoms with E-state index < -0.39 is 47.1 Å². The third-order valence-electron chi connectivity index (χ3n) is 13.9. The van der Waals surface area contributed by atoms with Gasteiger partial charge < -0.3 is 29.8 Å². The van der Waals surface area contributed by atoms with E-state index in [4.69, 9.17) is 6.57 Å². The van der Waals surface area contributed by atoms with Crippen molar-refractivity contribution in [1.82, 2.24) is 25.0 Å². The highest BCUT2D eigenvalue weighted by atomic mass is 19.4. The van der Waals surface area contributed by atoms with Gasteiger partial charge in [0.05, 0.1) is 35.1 Å². The van der Waals surface area contributed by atoms with Crippen LogP contribution in [0.2, 0.25) is 0 Å². The average Bonchev–Trinajstić information content (AvgIpc) is 3.53. The zero-order valence-electron chi connectivity index (χ0n) is 35.5. The van der Waals surface area contributed by atoms with Gasteiger partial charge in [-0.2, -0.15) is 13.2 Å². The molecule has 336 valence electrons. The van der Waals surface area contributed by atoms with E-state index in [1.807, 2.05) is 23.1 Å². The first-order valence-corrected chi connectivity index (χ1v) is 22.2. The molecule has 6 aliphatic rings. The molecule has 0 aliphatic carbocycles. The molecule has 0 saturated carbocycles. The Kier molecular flexibility index (Phi) is 12.0. The number of nitrogens with one attached hydrogen (secondary N) is 2. The van der Waals surface area contributed by atoms with E-state index >= 15 is 0 Å². The highest BCUT2D eigenvalue weighted by molar-refractivity contribution is 6.23. The zero-order chi connectivity index (χ0) is 44.7. The van der Waals surface area contributed by atoms with Gasteiger partial charge in [-0.15, -0.1) is 0 Å². The van der Waals surface area contributed by atoms with Gasteiger partial charge in [0.15, 0.2) is 5.69 Å². The Hall–Kier alpha value is -6.06. The first-order valence-electron chi connectivity index (χ1n) is 22.2. The van der Waals surface area contributed by atoms with E-state index in [1.165, 1.54) is 12.1 Å². The predicted octanol–water partition coefficient (Wildman–Crippen LogP) is 4.88. The highest BCUT2D eigenvalue weighted by Crippen LogP contribution is 2.40. The summed E-state index contributed by atoms with van der Waals surface area (Å²) in [5, 5.41) is 5.16. The van der Waals surface area contributed by atoms with Gasteiger partial charge in [-0.05, 0) is 80.5 Å². The number of halogens is 3. The Morgan fingerprint density at radius 2 is 1.34 bits per heavy atom. The molecular weight excluding hydrogens is 830 g/mol. The predicted molar refractivity (Wildman–Crippen MR) is 232 cm³/mol. The largest absolute Gasteiger partial charge is 0.407 e. The molecule has 0 spiro atoms. The molecule has 64 heavy (non-hydrogen) atoms. The number of alkyl halides is 3. The van der Waals surface area contributed by atoms with Crippen LogP contribution in [0.5, 0.6) is 0 Å². The fourth-order valence-electron chi connectivity index (χ4n) is 10.1. The number of nitrogens with zero attached hydrogens (tertiary/aromatic N) is 8. The minimum absolute atomic E-state index is 0.0883. The van der Waals surface area contributed by atoms with E-state index in [1.54, 1.807) is 18.3 Å². The summed E-state index contributed by atoms with van der Waals surface area (Å²) in [4.78, 5) is 83.6. The van der Waals surface area contributed by atoms with E-state index in [9.17, 15) is 37.1 Å². The number of pyridine rings is 1. The first-order chi connectivity index (χ1) is 30.8. The van der Waals surface area contributed by atoms with Crippen LogP contribution in [0.1, 0.15) is 64.8 Å². The van der Waals surface area contributed by atoms with E-state index in [0.717, 1.165) is 101 Å². The maximum Gasteiger partial charge on any atom is 0.407 e. The summed E-state index contributed by atoms with van der Waals surface area (Å²) < 4.78 is 40.5. The van der Waals surface area contributed by atoms with Crippen molar-refractivity contribution in [2.24, 2.45) is 17.8 Å². The van der Waals surface area contributed by atoms with Crippen LogP contribution >= 0.6 is 0 Å². The number of piperidine rings is 3. The van der Waals surface area contributed by atoms with Crippen molar-refractivity contribution >= 4 is 58.1 Å². The molecule has 5 amide bonds. The number of rotatable bonds is 10. The standard InChI is InChI=1S/C46H51F3N10O5/c1-50-38-6-3-33(23-37(38)46(47,48)49)56-16-12-31(13-17-56)42(61)52-40-8-4-34(24-51-40)57-14-10-29(11-15-57)25-54-18-20-55(21-19-54)26-30-27-58(28-30)32-2-5-35-36(22-32)45(64)59(44(35)63)39-7-9-41(60)53-43(39)62/h2-6,8,22-24,29-31,39H,7,9-21,25-28H2,(H,51,52,61)(H,53,60,62). The third kappa shape index (κ3) is 9.00. The molecule has 15 nitrogen and oxygen atoms in total. The molecule has 1 aromatic heterocycles. The number of piperazine rings is 1. The summed E-state index contributed by atoms with van der Waals surface area (Å²) in [6.45, 7) is 17.8. The number of amides is 5. The zero-order valence-corrected chi connectivity index (χ0v) is 35.5. The number of aromatic nitrogens is 1. The van der Waals surface area contributed by atoms with Crippen molar-refractivity contribution in [2.45, 2.75) is 50.7 Å². The first kappa shape index (κ1) is 43.2. The molecule has 0 bridgehead atoms. The number of carbonyl (C=O) groups is 5. The fourth-order valence-corrected chi connectivity index (χ4v) is 10.1. The molecule has 1 unspecified atom stereocenters. The van der Waals surface area contributed by atoms with Crippen molar-refractivity contribution in [2.75, 3.05) is 98.6 Å². The number of anilines is 4. The molecule has 5 fully saturated rings. The van der Waals surface area contributed by atoms with Crippen molar-refractivity contribution in [3.63, 3.8) is 0 Å². The minimum atomic E-state index is -4.61. The monoisotopic (exact) mass is 880 g/mol. The van der Waals surface area contributed by atoms with Gasteiger partial charge in [-0.3, -0.25) is 34.2 Å². The molecule has 0 radical (unpaired) electrons. The highest BCUT2D eigenvalue weighted by Gasteiger charge is 2.45. The Morgan fingerprint density at radius 3 is 1.98 bits per heavy atom. The minimum Gasteiger partial charge on any atom is -0.372 e. The van der Waals surface area contributed by atoms with Crippen molar-refractivity contribution in [3.05, 3.63) is 82.8 Å². The van der Waals surface area contributed by atoms with E-state index in [2.05, 4.69) is 40.1 Å². The quantitative estimate of drug-likeness (QED) is 0.213. The van der Waals surface area contributed by atoms with Gasteiger partial charge >= 0.3 is 6.18 Å². The SMILES string of the molecule is [C-]#[N+]c1ccc(N2CCC(C(=O)Nc3ccc(N4CCC(CN5CCN(CC6CN(c7ccc8c(c7)C(=O)N(C7CCC(=O)NC7=O)C8=O)C6)CC5)CC4)cn3)CC2)cc1C(F)(F)F. The summed E-state index contributed by atoms with van der Waals surface area (Å²) in [7, 11) is 0. The lowest BCUT2D eigenvalue weighted by atomic mass is 9.95. The molecule has 9 rings (SSSR count). The number of imide groups is 2. The fraction of sp³-hybridized carbons (Fsp3) is 0.500. The van der Waals surface area contributed by atoms with Crippen molar-refractivity contribution < 1.29 is 37.1 Å². The summed E-state index contributed by atoms with van der Waals surface area (Å²) in [5.41, 5.74) is 1.55. The lowest BCUT2D eigenvalue weighted by Crippen LogP contribution is -2.55. The van der Waals surface area contributed by atoms with Gasteiger partial charge in [-0.1, -0.05) is 6.07 Å². The smallest absolute Gasteiger partial charge is 0.372 e. The van der Waals surface area contributed by atoms with E-state index in [-0.39, 0.29) is 24.7 Å². The van der Waals surface area contributed by atoms with Crippen molar-refractivity contribution in [3.8, 4) is 0 Å². The van der Waals surface area contributed by atoms with Crippen LogP contribution in [0.15, 0.2) is 54.7 Å². The second-order valence-corrected chi connectivity index (χ2v) is 17.9. The van der Waals surface area contributed by atoms with Crippen LogP contribution in [0, 0.1) is 24.3 Å². The maximum atomic E-state index is 13.5. The lowest BCUT2D eigenvalue weighted by molar-refractivity contribution is -0.137. The topological polar surface area (TPSA) is 146 Å². The van der Waals surface area contributed by atoms with E-state index in [0.29, 0.717) is 60.4 Å². The third-order valence-corrected chi connectivity index (χ3v) is 13.9. The molecule has 2 N–H and O–H groups in total. The van der Waals surface area contributed by atoms with Crippen LogP contribution in [0.4, 0.5) is 41.7 Å². The molecule has 18 heteroatoms. The number of carbonyl (C=O) groups excluding carboxylic acids is 5. The Morgan fingerprint density at radius 1 is 0.734 bits per heavy atom. The number of hydrogen-bond donors (Lipinski definition) is 2. The van der Waals surface area contributed by atoms with Crippen LogP contribution in [-0.4, -0.2) is 134 Å². The number of benzene rings is 2. The Labute approximate surface area is 369 Å². The van der Waals surface area contributed by atoms with Gasteiger partial charge in [0.2, 0.25) is 17.7 Å². The van der Waals surface area contributed by atoms with Gasteiger partial charge in [0.25, 0.3) is 11.8 Å². The summed E-state index contributed by atoms with van der Waals surface area (Å²) in [6.07, 6.45) is 0.580. The summed E-state index contributed by atoms with van der Waals surface area (Å²) >= 11 is 0. The lowest BCUT2D eigenvalue weighted by Gasteiger charge is -2.45. The number of hydrogen-bond acceptors (Lipinski definition) is 11. The average molecular weight is 881 g/mol. The summed E-state index contributed by atoms with van der Waals surface area (Å²) in [6, 6.07) is 11.9. The van der Waals surface area contributed by atoms with Gasteiger partial charge in [0, 0.05) is 108 Å². The van der Waals surface area contributed by atoms with Crippen LogP contribution in [0.3, 0.4) is 0 Å². The second-order valence-electron chi connectivity index (χ2n) is 17.9. The molecule has 3 aromatic rings. The normalized spacial score (nSPS) is 22.1.